The summed E-state index contributed by atoms with van der Waals surface area (Å²) < 4.78 is 5.23. The third kappa shape index (κ3) is 7.28. The second-order valence-corrected chi connectivity index (χ2v) is 6.45. The van der Waals surface area contributed by atoms with Gasteiger partial charge < -0.3 is 9.64 Å². The molecule has 22 heavy (non-hydrogen) atoms. The Kier molecular flexibility index (Phi) is 9.93. The second kappa shape index (κ2) is 11.5. The van der Waals surface area contributed by atoms with E-state index in [0.717, 1.165) is 12.8 Å². The third-order valence-electron chi connectivity index (χ3n) is 4.45. The summed E-state index contributed by atoms with van der Waals surface area (Å²) >= 11 is 0. The number of esters is 1. The van der Waals surface area contributed by atoms with E-state index < -0.39 is 5.92 Å². The molecular weight excluding hydrogens is 278 g/mol. The molecule has 1 aliphatic heterocycles. The van der Waals surface area contributed by atoms with Crippen molar-refractivity contribution >= 4 is 11.9 Å². The van der Waals surface area contributed by atoms with Crippen molar-refractivity contribution in [1.29, 1.82) is 0 Å². The predicted octanol–water partition coefficient (Wildman–Crippen LogP) is 3.93. The number of hydrogen-bond acceptors (Lipinski definition) is 3. The van der Waals surface area contributed by atoms with Crippen molar-refractivity contribution in [2.45, 2.75) is 77.6 Å². The first-order chi connectivity index (χ1) is 10.7. The highest BCUT2D eigenvalue weighted by molar-refractivity contribution is 5.99. The molecule has 1 saturated heterocycles. The number of ether oxygens (including phenoxy) is 1. The molecule has 0 N–H and O–H groups in total. The molecule has 128 valence electrons. The fourth-order valence-electron chi connectivity index (χ4n) is 2.90. The zero-order valence-corrected chi connectivity index (χ0v) is 14.4. The van der Waals surface area contributed by atoms with Gasteiger partial charge in [-0.15, -0.1) is 0 Å². The fraction of sp³-hybridized carbons (Fsp3) is 0.889. The minimum absolute atomic E-state index is 0.0897. The van der Waals surface area contributed by atoms with E-state index >= 15 is 0 Å². The van der Waals surface area contributed by atoms with E-state index in [-0.39, 0.29) is 11.9 Å². The average Bonchev–Trinajstić information content (AvgIpc) is 2.84. The lowest BCUT2D eigenvalue weighted by Crippen LogP contribution is -2.28. The van der Waals surface area contributed by atoms with Crippen molar-refractivity contribution in [3.05, 3.63) is 0 Å². The Bertz CT molecular complexity index is 330. The van der Waals surface area contributed by atoms with Crippen molar-refractivity contribution in [3.63, 3.8) is 0 Å². The zero-order chi connectivity index (χ0) is 16.2. The normalized spacial score (nSPS) is 18.0. The monoisotopic (exact) mass is 311 g/mol. The molecule has 0 saturated carbocycles. The highest BCUT2D eigenvalue weighted by Crippen LogP contribution is 2.18. The molecule has 1 aliphatic rings. The van der Waals surface area contributed by atoms with Crippen LogP contribution < -0.4 is 0 Å². The molecule has 1 amide bonds. The number of likely N-dealkylation sites (tertiary alicyclic amines) is 1. The zero-order valence-electron chi connectivity index (χ0n) is 14.4. The van der Waals surface area contributed by atoms with Crippen LogP contribution in [0.2, 0.25) is 0 Å². The van der Waals surface area contributed by atoms with Crippen molar-refractivity contribution in [3.8, 4) is 0 Å². The molecule has 0 bridgehead atoms. The molecule has 0 aromatic carbocycles. The molecule has 1 unspecified atom stereocenters. The van der Waals surface area contributed by atoms with E-state index in [9.17, 15) is 9.59 Å². The molecule has 1 rings (SSSR count). The van der Waals surface area contributed by atoms with Crippen LogP contribution in [0, 0.1) is 5.92 Å². The molecule has 0 radical (unpaired) electrons. The van der Waals surface area contributed by atoms with Gasteiger partial charge in [-0.3, -0.25) is 9.59 Å². The molecule has 0 aliphatic carbocycles. The maximum Gasteiger partial charge on any atom is 0.318 e. The molecule has 1 fully saturated rings. The van der Waals surface area contributed by atoms with E-state index in [1.807, 2.05) is 0 Å². The van der Waals surface area contributed by atoms with Crippen molar-refractivity contribution < 1.29 is 14.3 Å². The molecule has 0 spiro atoms. The minimum atomic E-state index is -0.548. The van der Waals surface area contributed by atoms with Gasteiger partial charge in [0.2, 0.25) is 5.91 Å². The SMILES string of the molecule is CCCCCCCCCCCCOC(=O)C1CCN(C)C1=O. The summed E-state index contributed by atoms with van der Waals surface area (Å²) in [6, 6.07) is 0. The van der Waals surface area contributed by atoms with Gasteiger partial charge >= 0.3 is 5.97 Å². The Balaban J connectivity index is 1.89. The molecule has 1 atom stereocenters. The Morgan fingerprint density at radius 2 is 1.59 bits per heavy atom. The summed E-state index contributed by atoms with van der Waals surface area (Å²) in [5.74, 6) is -0.966. The quantitative estimate of drug-likeness (QED) is 0.312. The summed E-state index contributed by atoms with van der Waals surface area (Å²) in [6.45, 7) is 3.37. The van der Waals surface area contributed by atoms with E-state index in [0.29, 0.717) is 19.6 Å². The lowest BCUT2D eigenvalue weighted by atomic mass is 10.1. The van der Waals surface area contributed by atoms with Gasteiger partial charge in [0, 0.05) is 13.6 Å². The third-order valence-corrected chi connectivity index (χ3v) is 4.45. The summed E-state index contributed by atoms with van der Waals surface area (Å²) in [6.07, 6.45) is 13.2. The van der Waals surface area contributed by atoms with Crippen LogP contribution in [0.25, 0.3) is 0 Å². The van der Waals surface area contributed by atoms with Gasteiger partial charge in [0.25, 0.3) is 0 Å². The number of hydrogen-bond donors (Lipinski definition) is 0. The van der Waals surface area contributed by atoms with Crippen LogP contribution in [0.15, 0.2) is 0 Å². The smallest absolute Gasteiger partial charge is 0.318 e. The Hall–Kier alpha value is -1.06. The van der Waals surface area contributed by atoms with Crippen molar-refractivity contribution in [2.24, 2.45) is 5.92 Å². The highest BCUT2D eigenvalue weighted by atomic mass is 16.5. The van der Waals surface area contributed by atoms with Crippen LogP contribution in [0.5, 0.6) is 0 Å². The largest absolute Gasteiger partial charge is 0.465 e. The lowest BCUT2D eigenvalue weighted by Gasteiger charge is -2.10. The summed E-state index contributed by atoms with van der Waals surface area (Å²) in [4.78, 5) is 25.1. The number of carbonyl (C=O) groups is 2. The first-order valence-corrected chi connectivity index (χ1v) is 9.08. The van der Waals surface area contributed by atoms with E-state index in [1.165, 1.54) is 51.4 Å². The Morgan fingerprint density at radius 3 is 2.09 bits per heavy atom. The first-order valence-electron chi connectivity index (χ1n) is 9.08. The summed E-state index contributed by atoms with van der Waals surface area (Å²) in [5.41, 5.74) is 0. The minimum Gasteiger partial charge on any atom is -0.465 e. The maximum absolute atomic E-state index is 11.8. The van der Waals surface area contributed by atoms with Crippen molar-refractivity contribution in [2.75, 3.05) is 20.2 Å². The molecule has 0 aromatic rings. The molecule has 4 nitrogen and oxygen atoms in total. The summed E-state index contributed by atoms with van der Waals surface area (Å²) in [5, 5.41) is 0. The van der Waals surface area contributed by atoms with Gasteiger partial charge in [-0.05, 0) is 12.8 Å². The van der Waals surface area contributed by atoms with Crippen LogP contribution in [-0.4, -0.2) is 37.0 Å². The van der Waals surface area contributed by atoms with Crippen LogP contribution in [0.4, 0.5) is 0 Å². The standard InChI is InChI=1S/C18H33NO3/c1-3-4-5-6-7-8-9-10-11-12-15-22-18(21)16-13-14-19(2)17(16)20/h16H,3-15H2,1-2H3. The number of rotatable bonds is 12. The summed E-state index contributed by atoms with van der Waals surface area (Å²) in [7, 11) is 1.73. The lowest BCUT2D eigenvalue weighted by molar-refractivity contribution is -0.152. The van der Waals surface area contributed by atoms with Crippen LogP contribution in [-0.2, 0) is 14.3 Å². The number of carbonyl (C=O) groups excluding carboxylic acids is 2. The van der Waals surface area contributed by atoms with Crippen LogP contribution >= 0.6 is 0 Å². The number of nitrogens with zero attached hydrogens (tertiary/aromatic N) is 1. The van der Waals surface area contributed by atoms with Crippen LogP contribution in [0.1, 0.15) is 77.6 Å². The Labute approximate surface area is 135 Å². The highest BCUT2D eigenvalue weighted by Gasteiger charge is 2.35. The molecule has 0 aromatic heterocycles. The van der Waals surface area contributed by atoms with Crippen molar-refractivity contribution in [1.82, 2.24) is 4.90 Å². The number of amides is 1. The molecule has 1 heterocycles. The van der Waals surface area contributed by atoms with Gasteiger partial charge in [-0.25, -0.2) is 0 Å². The van der Waals surface area contributed by atoms with Gasteiger partial charge in [0.1, 0.15) is 5.92 Å². The van der Waals surface area contributed by atoms with Gasteiger partial charge in [0.05, 0.1) is 6.61 Å². The van der Waals surface area contributed by atoms with Crippen LogP contribution in [0.3, 0.4) is 0 Å². The maximum atomic E-state index is 11.8. The average molecular weight is 311 g/mol. The fourth-order valence-corrected chi connectivity index (χ4v) is 2.90. The topological polar surface area (TPSA) is 46.6 Å². The van der Waals surface area contributed by atoms with E-state index in [1.54, 1.807) is 11.9 Å². The number of unbranched alkanes of at least 4 members (excludes halogenated alkanes) is 9. The van der Waals surface area contributed by atoms with Gasteiger partial charge in [-0.2, -0.15) is 0 Å². The van der Waals surface area contributed by atoms with Gasteiger partial charge in [-0.1, -0.05) is 64.7 Å². The Morgan fingerprint density at radius 1 is 1.05 bits per heavy atom. The molecule has 4 heteroatoms. The first kappa shape index (κ1) is 19.0. The molecular formula is C18H33NO3. The van der Waals surface area contributed by atoms with E-state index in [2.05, 4.69) is 6.92 Å². The predicted molar refractivity (Wildman–Crippen MR) is 88.5 cm³/mol. The van der Waals surface area contributed by atoms with E-state index in [4.69, 9.17) is 4.74 Å². The second-order valence-electron chi connectivity index (χ2n) is 6.45. The van der Waals surface area contributed by atoms with Gasteiger partial charge in [0.15, 0.2) is 0 Å².